The molecule has 1 fully saturated rings. The average molecular weight is 478 g/mol. The van der Waals surface area contributed by atoms with Gasteiger partial charge in [-0.1, -0.05) is 30.3 Å². The van der Waals surface area contributed by atoms with Crippen molar-refractivity contribution in [3.63, 3.8) is 0 Å². The lowest BCUT2D eigenvalue weighted by atomic mass is 9.83. The maximum atomic E-state index is 13.6. The molecule has 182 valence electrons. The lowest BCUT2D eigenvalue weighted by Gasteiger charge is -2.49. The first kappa shape index (κ1) is 23.3. The fourth-order valence-electron chi connectivity index (χ4n) is 5.22. The van der Waals surface area contributed by atoms with Crippen LogP contribution in [0.5, 0.6) is 5.75 Å². The summed E-state index contributed by atoms with van der Waals surface area (Å²) in [4.78, 5) is 18.1. The van der Waals surface area contributed by atoms with Crippen LogP contribution < -0.4 is 15.0 Å². The van der Waals surface area contributed by atoms with Gasteiger partial charge < -0.3 is 15.0 Å². The molecule has 3 aromatic rings. The van der Waals surface area contributed by atoms with Crippen molar-refractivity contribution in [2.75, 3.05) is 31.6 Å². The fraction of sp³-hybridized carbons (Fsp3) is 0.321. The molecule has 7 heteroatoms. The first-order chi connectivity index (χ1) is 17.0. The van der Waals surface area contributed by atoms with Crippen LogP contribution in [0.4, 0.5) is 14.5 Å². The molecule has 0 radical (unpaired) electrons. The molecule has 5 nitrogen and oxygen atoms in total. The summed E-state index contributed by atoms with van der Waals surface area (Å²) in [5.74, 6) is -0.0429. The minimum atomic E-state index is -0.313. The highest BCUT2D eigenvalue weighted by atomic mass is 19.1. The lowest BCUT2D eigenvalue weighted by Crippen LogP contribution is -2.60. The summed E-state index contributed by atoms with van der Waals surface area (Å²) in [6, 6.07) is 18.9. The van der Waals surface area contributed by atoms with Gasteiger partial charge in [-0.3, -0.25) is 9.69 Å². The van der Waals surface area contributed by atoms with Crippen LogP contribution in [0.2, 0.25) is 0 Å². The number of carbonyl (C=O) groups excluding carboxylic acids is 1. The van der Waals surface area contributed by atoms with Crippen LogP contribution in [0.25, 0.3) is 0 Å². The Kier molecular flexibility index (Phi) is 6.68. The number of benzene rings is 3. The Hall–Kier alpha value is -3.45. The maximum Gasteiger partial charge on any atom is 0.225 e. The van der Waals surface area contributed by atoms with Crippen LogP contribution in [-0.2, 0) is 24.3 Å². The summed E-state index contributed by atoms with van der Waals surface area (Å²) in [6.07, 6.45) is 0.625. The standard InChI is InChI=1S/C28H29F2N3O2/c1-35-24-10-7-21-14-25(28(34)31-16-20-3-2-4-23(30)13-20)27-18-32(11-12-33(27)26(21)15-24)17-19-5-8-22(29)9-6-19/h2-10,13,15,25,27H,11-12,14,16-18H2,1H3,(H,31,34)/t25-,27+/m1/s1. The van der Waals surface area contributed by atoms with Crippen LogP contribution in [0.3, 0.4) is 0 Å². The molecule has 2 atom stereocenters. The SMILES string of the molecule is COc1ccc2c(c1)N1CCN(Cc3ccc(F)cc3)C[C@H]1[C@H](C(=O)NCc1cccc(F)c1)C2. The maximum absolute atomic E-state index is 13.6. The second-order valence-electron chi connectivity index (χ2n) is 9.28. The molecule has 1 amide bonds. The van der Waals surface area contributed by atoms with E-state index in [9.17, 15) is 13.6 Å². The zero-order valence-electron chi connectivity index (χ0n) is 19.7. The number of carbonyl (C=O) groups is 1. The van der Waals surface area contributed by atoms with Gasteiger partial charge in [-0.25, -0.2) is 8.78 Å². The van der Waals surface area contributed by atoms with Gasteiger partial charge in [0, 0.05) is 44.5 Å². The Labute approximate surface area is 204 Å². The van der Waals surface area contributed by atoms with Crippen molar-refractivity contribution in [3.8, 4) is 5.75 Å². The quantitative estimate of drug-likeness (QED) is 0.579. The highest BCUT2D eigenvalue weighted by molar-refractivity contribution is 5.82. The van der Waals surface area contributed by atoms with Gasteiger partial charge in [0.25, 0.3) is 0 Å². The van der Waals surface area contributed by atoms with E-state index in [0.29, 0.717) is 19.5 Å². The molecular weight excluding hydrogens is 448 g/mol. The Morgan fingerprint density at radius 2 is 1.83 bits per heavy atom. The molecule has 0 unspecified atom stereocenters. The number of methoxy groups -OCH3 is 1. The number of anilines is 1. The molecule has 0 bridgehead atoms. The normalized spacial score (nSPS) is 19.6. The predicted molar refractivity (Wildman–Crippen MR) is 131 cm³/mol. The minimum Gasteiger partial charge on any atom is -0.497 e. The first-order valence-electron chi connectivity index (χ1n) is 11.9. The van der Waals surface area contributed by atoms with Crippen LogP contribution >= 0.6 is 0 Å². The fourth-order valence-corrected chi connectivity index (χ4v) is 5.22. The molecule has 0 aliphatic carbocycles. The van der Waals surface area contributed by atoms with Gasteiger partial charge >= 0.3 is 0 Å². The van der Waals surface area contributed by atoms with Crippen molar-refractivity contribution < 1.29 is 18.3 Å². The Morgan fingerprint density at radius 3 is 2.60 bits per heavy atom. The third-order valence-electron chi connectivity index (χ3n) is 7.02. The molecule has 0 spiro atoms. The monoisotopic (exact) mass is 477 g/mol. The van der Waals surface area contributed by atoms with E-state index in [0.717, 1.165) is 41.2 Å². The topological polar surface area (TPSA) is 44.8 Å². The Morgan fingerprint density at radius 1 is 1.00 bits per heavy atom. The first-order valence-corrected chi connectivity index (χ1v) is 11.9. The van der Waals surface area contributed by atoms with Crippen molar-refractivity contribution in [3.05, 3.63) is 95.1 Å². The van der Waals surface area contributed by atoms with Crippen molar-refractivity contribution >= 4 is 11.6 Å². The predicted octanol–water partition coefficient (Wildman–Crippen LogP) is 4.15. The van der Waals surface area contributed by atoms with Gasteiger partial charge in [-0.05, 0) is 53.4 Å². The third kappa shape index (κ3) is 5.15. The summed E-state index contributed by atoms with van der Waals surface area (Å²) >= 11 is 0. The van der Waals surface area contributed by atoms with E-state index >= 15 is 0 Å². The average Bonchev–Trinajstić information content (AvgIpc) is 2.87. The molecule has 2 heterocycles. The highest BCUT2D eigenvalue weighted by Crippen LogP contribution is 2.38. The number of halogens is 2. The highest BCUT2D eigenvalue weighted by Gasteiger charge is 2.41. The number of ether oxygens (including phenoxy) is 1. The number of amides is 1. The summed E-state index contributed by atoms with van der Waals surface area (Å²) < 4.78 is 32.4. The Bertz CT molecular complexity index is 1200. The zero-order chi connectivity index (χ0) is 24.4. The smallest absolute Gasteiger partial charge is 0.225 e. The molecule has 0 saturated carbocycles. The number of fused-ring (bicyclic) bond motifs is 3. The van der Waals surface area contributed by atoms with E-state index in [1.807, 2.05) is 30.3 Å². The Balaban J connectivity index is 1.37. The van der Waals surface area contributed by atoms with Crippen LogP contribution in [0.15, 0.2) is 66.7 Å². The van der Waals surface area contributed by atoms with Crippen molar-refractivity contribution in [2.24, 2.45) is 5.92 Å². The number of nitrogens with one attached hydrogen (secondary N) is 1. The van der Waals surface area contributed by atoms with Crippen LogP contribution in [0, 0.1) is 17.6 Å². The number of piperazine rings is 1. The van der Waals surface area contributed by atoms with Crippen molar-refractivity contribution in [1.29, 1.82) is 0 Å². The van der Waals surface area contributed by atoms with Gasteiger partial charge in [-0.2, -0.15) is 0 Å². The summed E-state index contributed by atoms with van der Waals surface area (Å²) in [5, 5.41) is 3.04. The summed E-state index contributed by atoms with van der Waals surface area (Å²) in [6.45, 7) is 3.32. The number of hydrogen-bond donors (Lipinski definition) is 1. The number of nitrogens with zero attached hydrogens (tertiary/aromatic N) is 2. The molecule has 2 aliphatic heterocycles. The van der Waals surface area contributed by atoms with E-state index in [1.54, 1.807) is 13.2 Å². The van der Waals surface area contributed by atoms with Gasteiger partial charge in [0.05, 0.1) is 19.1 Å². The van der Waals surface area contributed by atoms with E-state index < -0.39 is 0 Å². The molecule has 1 N–H and O–H groups in total. The largest absolute Gasteiger partial charge is 0.497 e. The van der Waals surface area contributed by atoms with Gasteiger partial charge in [0.2, 0.25) is 5.91 Å². The van der Waals surface area contributed by atoms with Gasteiger partial charge in [0.15, 0.2) is 0 Å². The third-order valence-corrected chi connectivity index (χ3v) is 7.02. The van der Waals surface area contributed by atoms with Gasteiger partial charge in [0.1, 0.15) is 17.4 Å². The molecular formula is C28H29F2N3O2. The molecule has 1 saturated heterocycles. The van der Waals surface area contributed by atoms with Gasteiger partial charge in [-0.15, -0.1) is 0 Å². The number of rotatable bonds is 6. The second kappa shape index (κ2) is 10.0. The molecule has 3 aromatic carbocycles. The van der Waals surface area contributed by atoms with Crippen molar-refractivity contribution in [1.82, 2.24) is 10.2 Å². The minimum absolute atomic E-state index is 0.0173. The zero-order valence-corrected chi connectivity index (χ0v) is 19.7. The summed E-state index contributed by atoms with van der Waals surface area (Å²) in [7, 11) is 1.66. The molecule has 5 rings (SSSR count). The molecule has 2 aliphatic rings. The van der Waals surface area contributed by atoms with E-state index in [4.69, 9.17) is 4.74 Å². The second-order valence-corrected chi connectivity index (χ2v) is 9.28. The summed E-state index contributed by atoms with van der Waals surface area (Å²) in [5.41, 5.74) is 4.02. The van der Waals surface area contributed by atoms with E-state index in [-0.39, 0.29) is 36.0 Å². The lowest BCUT2D eigenvalue weighted by molar-refractivity contribution is -0.126. The number of hydrogen-bond acceptors (Lipinski definition) is 4. The van der Waals surface area contributed by atoms with E-state index in [2.05, 4.69) is 21.2 Å². The van der Waals surface area contributed by atoms with Crippen LogP contribution in [-0.4, -0.2) is 43.6 Å². The molecule has 35 heavy (non-hydrogen) atoms. The van der Waals surface area contributed by atoms with E-state index in [1.165, 1.54) is 24.3 Å². The molecule has 0 aromatic heterocycles. The van der Waals surface area contributed by atoms with Crippen molar-refractivity contribution in [2.45, 2.75) is 25.6 Å². The van der Waals surface area contributed by atoms with Crippen LogP contribution in [0.1, 0.15) is 16.7 Å².